The summed E-state index contributed by atoms with van der Waals surface area (Å²) in [5, 5.41) is 7.61. The molecule has 0 unspecified atom stereocenters. The van der Waals surface area contributed by atoms with Crippen LogP contribution < -0.4 is 0 Å². The van der Waals surface area contributed by atoms with E-state index >= 15 is 0 Å². The lowest BCUT2D eigenvalue weighted by atomic mass is 9.89. The summed E-state index contributed by atoms with van der Waals surface area (Å²) in [7, 11) is 0. The summed E-state index contributed by atoms with van der Waals surface area (Å²) < 4.78 is 0. The molecule has 0 aliphatic carbocycles. The van der Waals surface area contributed by atoms with Crippen LogP contribution in [0.3, 0.4) is 0 Å². The number of hydrogen-bond acceptors (Lipinski definition) is 0. The molecule has 0 spiro atoms. The summed E-state index contributed by atoms with van der Waals surface area (Å²) in [5.41, 5.74) is 9.74. The SMILES string of the molecule is C=Cc1c(/C=C\C)c(-c2ccc(-c3ccc(-c4cc5ccccc5c5ccccc45)cc3)cc2)cc2ccccc12. The molecule has 0 radical (unpaired) electrons. The minimum Gasteiger partial charge on any atom is -0.0984 e. The lowest BCUT2D eigenvalue weighted by Crippen LogP contribution is -1.91. The van der Waals surface area contributed by atoms with Crippen LogP contribution in [0.4, 0.5) is 0 Å². The lowest BCUT2D eigenvalue weighted by molar-refractivity contribution is 1.57. The number of fused-ring (bicyclic) bond motifs is 4. The maximum absolute atomic E-state index is 4.14. The molecular weight excluding hydrogens is 492 g/mol. The van der Waals surface area contributed by atoms with E-state index in [1.807, 2.05) is 6.08 Å². The predicted molar refractivity (Wildman–Crippen MR) is 180 cm³/mol. The highest BCUT2D eigenvalue weighted by Crippen LogP contribution is 2.37. The number of hydrogen-bond donors (Lipinski definition) is 0. The summed E-state index contributed by atoms with van der Waals surface area (Å²) in [6.45, 7) is 6.21. The van der Waals surface area contributed by atoms with E-state index < -0.39 is 0 Å². The average molecular weight is 523 g/mol. The molecule has 0 N–H and O–H groups in total. The summed E-state index contributed by atoms with van der Waals surface area (Å²) in [6, 6.07) is 48.5. The Morgan fingerprint density at radius 3 is 1.51 bits per heavy atom. The Kier molecular flexibility index (Phi) is 6.30. The molecule has 0 heteroatoms. The van der Waals surface area contributed by atoms with Crippen molar-refractivity contribution >= 4 is 44.5 Å². The molecule has 0 aliphatic heterocycles. The van der Waals surface area contributed by atoms with Gasteiger partial charge in [0.15, 0.2) is 0 Å². The van der Waals surface area contributed by atoms with Gasteiger partial charge in [-0.1, -0.05) is 146 Å². The van der Waals surface area contributed by atoms with E-state index in [-0.39, 0.29) is 0 Å². The van der Waals surface area contributed by atoms with Gasteiger partial charge in [-0.3, -0.25) is 0 Å². The maximum Gasteiger partial charge on any atom is -0.00990 e. The van der Waals surface area contributed by atoms with Crippen LogP contribution in [0.2, 0.25) is 0 Å². The highest BCUT2D eigenvalue weighted by atomic mass is 14.2. The van der Waals surface area contributed by atoms with Gasteiger partial charge in [-0.2, -0.15) is 0 Å². The molecule has 0 nitrogen and oxygen atoms in total. The van der Waals surface area contributed by atoms with Gasteiger partial charge < -0.3 is 0 Å². The number of rotatable bonds is 5. The van der Waals surface area contributed by atoms with Gasteiger partial charge in [-0.25, -0.2) is 0 Å². The first-order chi connectivity index (χ1) is 20.2. The van der Waals surface area contributed by atoms with Crippen molar-refractivity contribution in [2.45, 2.75) is 6.92 Å². The quantitative estimate of drug-likeness (QED) is 0.197. The number of allylic oxidation sites excluding steroid dienone is 1. The normalized spacial score (nSPS) is 11.5. The minimum atomic E-state index is 1.18. The van der Waals surface area contributed by atoms with Gasteiger partial charge in [0, 0.05) is 0 Å². The minimum absolute atomic E-state index is 1.18. The van der Waals surface area contributed by atoms with Crippen molar-refractivity contribution in [1.29, 1.82) is 0 Å². The zero-order valence-electron chi connectivity index (χ0n) is 23.1. The van der Waals surface area contributed by atoms with Crippen LogP contribution in [0.15, 0.2) is 146 Å². The van der Waals surface area contributed by atoms with Crippen LogP contribution in [0.1, 0.15) is 18.1 Å². The molecule has 0 saturated heterocycles. The Hall–Kier alpha value is -5.20. The zero-order valence-corrected chi connectivity index (χ0v) is 23.1. The van der Waals surface area contributed by atoms with Crippen molar-refractivity contribution in [1.82, 2.24) is 0 Å². The van der Waals surface area contributed by atoms with Crippen molar-refractivity contribution in [3.05, 3.63) is 157 Å². The molecule has 7 aromatic carbocycles. The molecule has 0 atom stereocenters. The molecule has 0 heterocycles. The van der Waals surface area contributed by atoms with Gasteiger partial charge in [-0.05, 0) is 95.9 Å². The standard InChI is InChI=1S/C41H30/c1-3-11-37-34(4-2)35-14-7-5-12-32(35)26-40(37)30-22-18-28(19-23-30)29-20-24-31(25-21-29)41-27-33-13-6-8-15-36(33)38-16-9-10-17-39(38)41/h3-27H,2H2,1H3/b11-3-. The van der Waals surface area contributed by atoms with Gasteiger partial charge in [0.25, 0.3) is 0 Å². The third kappa shape index (κ3) is 4.35. The average Bonchev–Trinajstić information content (AvgIpc) is 3.04. The maximum atomic E-state index is 4.14. The first-order valence-electron chi connectivity index (χ1n) is 14.2. The largest absolute Gasteiger partial charge is 0.0984 e. The predicted octanol–water partition coefficient (Wildman–Crippen LogP) is 11.8. The van der Waals surface area contributed by atoms with Gasteiger partial charge in [0.2, 0.25) is 0 Å². The highest BCUT2D eigenvalue weighted by Gasteiger charge is 2.12. The second-order valence-electron chi connectivity index (χ2n) is 10.5. The molecule has 0 bridgehead atoms. The Bertz CT molecular complexity index is 2090. The van der Waals surface area contributed by atoms with Crippen LogP contribution in [0, 0.1) is 0 Å². The van der Waals surface area contributed by atoms with E-state index in [1.54, 1.807) is 0 Å². The molecule has 7 aromatic rings. The summed E-state index contributed by atoms with van der Waals surface area (Å²) in [5.74, 6) is 0. The van der Waals surface area contributed by atoms with Crippen molar-refractivity contribution in [2.24, 2.45) is 0 Å². The van der Waals surface area contributed by atoms with Crippen LogP contribution in [-0.2, 0) is 0 Å². The van der Waals surface area contributed by atoms with Gasteiger partial charge in [0.05, 0.1) is 0 Å². The van der Waals surface area contributed by atoms with Gasteiger partial charge >= 0.3 is 0 Å². The third-order valence-corrected chi connectivity index (χ3v) is 8.16. The van der Waals surface area contributed by atoms with Crippen molar-refractivity contribution < 1.29 is 0 Å². The fourth-order valence-electron chi connectivity index (χ4n) is 6.17. The molecule has 0 fully saturated rings. The van der Waals surface area contributed by atoms with Gasteiger partial charge in [-0.15, -0.1) is 0 Å². The van der Waals surface area contributed by atoms with Crippen LogP contribution in [0.5, 0.6) is 0 Å². The summed E-state index contributed by atoms with van der Waals surface area (Å²) in [4.78, 5) is 0. The molecule has 7 rings (SSSR count). The topological polar surface area (TPSA) is 0 Å². The second kappa shape index (κ2) is 10.4. The fourth-order valence-corrected chi connectivity index (χ4v) is 6.17. The van der Waals surface area contributed by atoms with E-state index in [0.29, 0.717) is 0 Å². The van der Waals surface area contributed by atoms with E-state index in [4.69, 9.17) is 0 Å². The lowest BCUT2D eigenvalue weighted by Gasteiger charge is -2.15. The van der Waals surface area contributed by atoms with Crippen LogP contribution in [0.25, 0.3) is 77.9 Å². The van der Waals surface area contributed by atoms with E-state index in [2.05, 4.69) is 159 Å². The Morgan fingerprint density at radius 1 is 0.439 bits per heavy atom. The van der Waals surface area contributed by atoms with E-state index in [1.165, 1.54) is 76.8 Å². The van der Waals surface area contributed by atoms with Gasteiger partial charge in [0.1, 0.15) is 0 Å². The molecule has 0 aliphatic rings. The molecule has 0 saturated carbocycles. The zero-order chi connectivity index (χ0) is 27.8. The van der Waals surface area contributed by atoms with Crippen molar-refractivity contribution in [3.8, 4) is 33.4 Å². The Balaban J connectivity index is 1.27. The first-order valence-corrected chi connectivity index (χ1v) is 14.2. The van der Waals surface area contributed by atoms with Crippen LogP contribution in [-0.4, -0.2) is 0 Å². The highest BCUT2D eigenvalue weighted by molar-refractivity contribution is 6.13. The smallest absolute Gasteiger partial charge is 0.00990 e. The molecule has 0 amide bonds. The number of benzene rings is 7. The Labute approximate surface area is 241 Å². The van der Waals surface area contributed by atoms with E-state index in [9.17, 15) is 0 Å². The third-order valence-electron chi connectivity index (χ3n) is 8.16. The fraction of sp³-hybridized carbons (Fsp3) is 0.0244. The summed E-state index contributed by atoms with van der Waals surface area (Å²) in [6.07, 6.45) is 6.28. The van der Waals surface area contributed by atoms with Crippen molar-refractivity contribution in [3.63, 3.8) is 0 Å². The van der Waals surface area contributed by atoms with E-state index in [0.717, 1.165) is 0 Å². The van der Waals surface area contributed by atoms with Crippen LogP contribution >= 0.6 is 0 Å². The summed E-state index contributed by atoms with van der Waals surface area (Å²) >= 11 is 0. The second-order valence-corrected chi connectivity index (χ2v) is 10.5. The monoisotopic (exact) mass is 522 g/mol. The molecule has 41 heavy (non-hydrogen) atoms. The molecule has 194 valence electrons. The first kappa shape index (κ1) is 24.8. The molecule has 0 aromatic heterocycles. The van der Waals surface area contributed by atoms with Crippen molar-refractivity contribution in [2.75, 3.05) is 0 Å². The molecular formula is C41H30. The Morgan fingerprint density at radius 2 is 0.902 bits per heavy atom.